The fourth-order valence-corrected chi connectivity index (χ4v) is 3.00. The highest BCUT2D eigenvalue weighted by Crippen LogP contribution is 2.21. The first-order chi connectivity index (χ1) is 11.6. The zero-order valence-electron chi connectivity index (χ0n) is 13.1. The molecular formula is C16H15F3N2O3S. The average molecular weight is 372 g/mol. The Balaban J connectivity index is 2.10. The Kier molecular flexibility index (Phi) is 5.36. The second-order valence-electron chi connectivity index (χ2n) is 5.13. The van der Waals surface area contributed by atoms with Gasteiger partial charge in [0, 0.05) is 11.4 Å². The van der Waals surface area contributed by atoms with Crippen LogP contribution < -0.4 is 10.0 Å². The quantitative estimate of drug-likeness (QED) is 0.843. The van der Waals surface area contributed by atoms with Crippen LogP contribution in [0.25, 0.3) is 0 Å². The minimum atomic E-state index is -5.00. The molecule has 0 fully saturated rings. The number of amides is 1. The predicted molar refractivity (Wildman–Crippen MR) is 87.8 cm³/mol. The molecular weight excluding hydrogens is 357 g/mol. The topological polar surface area (TPSA) is 75.3 Å². The Morgan fingerprint density at radius 1 is 0.960 bits per heavy atom. The summed E-state index contributed by atoms with van der Waals surface area (Å²) in [6.45, 7) is 1.95. The molecule has 2 rings (SSSR count). The molecule has 0 aliphatic heterocycles. The third kappa shape index (κ3) is 4.96. The second-order valence-corrected chi connectivity index (χ2v) is 6.81. The van der Waals surface area contributed by atoms with Crippen LogP contribution in [-0.4, -0.2) is 20.5 Å². The summed E-state index contributed by atoms with van der Waals surface area (Å²) in [6, 6.07) is 11.2. The number of carbonyl (C=O) groups is 1. The molecule has 0 heterocycles. The summed E-state index contributed by atoms with van der Waals surface area (Å²) >= 11 is 0. The van der Waals surface area contributed by atoms with E-state index in [-0.39, 0.29) is 16.3 Å². The molecule has 2 aromatic carbocycles. The smallest absolute Gasteiger partial charge is 0.318 e. The maximum atomic E-state index is 12.3. The van der Waals surface area contributed by atoms with Gasteiger partial charge in [-0.05, 0) is 48.4 Å². The maximum absolute atomic E-state index is 12.3. The van der Waals surface area contributed by atoms with E-state index in [0.29, 0.717) is 0 Å². The van der Waals surface area contributed by atoms with Gasteiger partial charge < -0.3 is 5.32 Å². The molecule has 9 heteroatoms. The molecule has 0 unspecified atom stereocenters. The number of aryl methyl sites for hydroxylation is 1. The van der Waals surface area contributed by atoms with Crippen molar-refractivity contribution in [2.75, 3.05) is 10.0 Å². The third-order valence-corrected chi connectivity index (χ3v) is 4.69. The molecule has 25 heavy (non-hydrogen) atoms. The average Bonchev–Trinajstić information content (AvgIpc) is 2.55. The van der Waals surface area contributed by atoms with Gasteiger partial charge in [0.05, 0.1) is 4.90 Å². The van der Waals surface area contributed by atoms with E-state index in [1.54, 1.807) is 17.4 Å². The van der Waals surface area contributed by atoms with Gasteiger partial charge in [0.1, 0.15) is 0 Å². The summed E-state index contributed by atoms with van der Waals surface area (Å²) in [5.74, 6) is -2.10. The fourth-order valence-electron chi connectivity index (χ4n) is 1.94. The van der Waals surface area contributed by atoms with Crippen molar-refractivity contribution in [2.24, 2.45) is 0 Å². The number of benzene rings is 2. The number of sulfonamides is 1. The zero-order valence-corrected chi connectivity index (χ0v) is 13.9. The Morgan fingerprint density at radius 3 is 1.96 bits per heavy atom. The van der Waals surface area contributed by atoms with Crippen LogP contribution in [0.4, 0.5) is 24.5 Å². The maximum Gasteiger partial charge on any atom is 0.471 e. The highest BCUT2D eigenvalue weighted by atomic mass is 32.2. The molecule has 0 aliphatic rings. The van der Waals surface area contributed by atoms with Crippen molar-refractivity contribution in [1.82, 2.24) is 0 Å². The molecule has 2 N–H and O–H groups in total. The lowest BCUT2D eigenvalue weighted by atomic mass is 10.2. The fraction of sp³-hybridized carbons (Fsp3) is 0.188. The minimum Gasteiger partial charge on any atom is -0.318 e. The van der Waals surface area contributed by atoms with Gasteiger partial charge in [-0.1, -0.05) is 19.1 Å². The molecule has 0 spiro atoms. The van der Waals surface area contributed by atoms with Crippen molar-refractivity contribution in [3.8, 4) is 0 Å². The largest absolute Gasteiger partial charge is 0.471 e. The van der Waals surface area contributed by atoms with Gasteiger partial charge in [-0.3, -0.25) is 9.52 Å². The SMILES string of the molecule is CCc1ccc(S(=O)(=O)Nc2ccc(NC(=O)C(F)(F)F)cc2)cc1. The summed E-state index contributed by atoms with van der Waals surface area (Å²) in [5.41, 5.74) is 1.05. The van der Waals surface area contributed by atoms with E-state index >= 15 is 0 Å². The Bertz CT molecular complexity index is 846. The summed E-state index contributed by atoms with van der Waals surface area (Å²) in [5, 5.41) is 1.68. The van der Waals surface area contributed by atoms with E-state index < -0.39 is 22.1 Å². The number of hydrogen-bond donors (Lipinski definition) is 2. The number of nitrogens with one attached hydrogen (secondary N) is 2. The second kappa shape index (κ2) is 7.14. The molecule has 0 radical (unpaired) electrons. The predicted octanol–water partition coefficient (Wildman–Crippen LogP) is 3.55. The number of anilines is 2. The van der Waals surface area contributed by atoms with Gasteiger partial charge in [-0.15, -0.1) is 0 Å². The Hall–Kier alpha value is -2.55. The first-order valence-corrected chi connectivity index (χ1v) is 8.70. The van der Waals surface area contributed by atoms with Crippen LogP contribution in [0.3, 0.4) is 0 Å². The van der Waals surface area contributed by atoms with Crippen molar-refractivity contribution >= 4 is 27.3 Å². The molecule has 1 amide bonds. The third-order valence-electron chi connectivity index (χ3n) is 3.29. The molecule has 0 atom stereocenters. The molecule has 0 saturated carbocycles. The van der Waals surface area contributed by atoms with E-state index in [2.05, 4.69) is 4.72 Å². The van der Waals surface area contributed by atoms with Gasteiger partial charge in [0.25, 0.3) is 10.0 Å². The lowest BCUT2D eigenvalue weighted by molar-refractivity contribution is -0.167. The summed E-state index contributed by atoms with van der Waals surface area (Å²) in [7, 11) is -3.81. The van der Waals surface area contributed by atoms with Crippen molar-refractivity contribution in [1.29, 1.82) is 0 Å². The van der Waals surface area contributed by atoms with Crippen LogP contribution in [0.15, 0.2) is 53.4 Å². The zero-order chi connectivity index (χ0) is 18.7. The van der Waals surface area contributed by atoms with Crippen molar-refractivity contribution < 1.29 is 26.4 Å². The van der Waals surface area contributed by atoms with Gasteiger partial charge in [-0.2, -0.15) is 13.2 Å². The highest BCUT2D eigenvalue weighted by Gasteiger charge is 2.38. The molecule has 0 aliphatic carbocycles. The van der Waals surface area contributed by atoms with E-state index in [4.69, 9.17) is 0 Å². The Labute approximate surface area is 142 Å². The first kappa shape index (κ1) is 18.8. The molecule has 5 nitrogen and oxygen atoms in total. The van der Waals surface area contributed by atoms with Crippen LogP contribution in [0, 0.1) is 0 Å². The standard InChI is InChI=1S/C16H15F3N2O3S/c1-2-11-3-9-14(10-4-11)25(23,24)21-13-7-5-12(6-8-13)20-15(22)16(17,18)19/h3-10,21H,2H2,1H3,(H,20,22). The van der Waals surface area contributed by atoms with Crippen LogP contribution in [0.1, 0.15) is 12.5 Å². The van der Waals surface area contributed by atoms with Crippen LogP contribution >= 0.6 is 0 Å². The van der Waals surface area contributed by atoms with Crippen molar-refractivity contribution in [3.05, 3.63) is 54.1 Å². The van der Waals surface area contributed by atoms with Crippen molar-refractivity contribution in [3.63, 3.8) is 0 Å². The lowest BCUT2D eigenvalue weighted by Gasteiger charge is -2.11. The van der Waals surface area contributed by atoms with E-state index in [9.17, 15) is 26.4 Å². The van der Waals surface area contributed by atoms with Gasteiger partial charge in [0.2, 0.25) is 0 Å². The first-order valence-electron chi connectivity index (χ1n) is 7.22. The van der Waals surface area contributed by atoms with Crippen molar-refractivity contribution in [2.45, 2.75) is 24.4 Å². The molecule has 0 aromatic heterocycles. The molecule has 0 bridgehead atoms. The van der Waals surface area contributed by atoms with E-state index in [1.165, 1.54) is 36.4 Å². The lowest BCUT2D eigenvalue weighted by Crippen LogP contribution is -2.29. The van der Waals surface area contributed by atoms with Crippen LogP contribution in [0.5, 0.6) is 0 Å². The highest BCUT2D eigenvalue weighted by molar-refractivity contribution is 7.92. The summed E-state index contributed by atoms with van der Waals surface area (Å²) < 4.78 is 63.4. The molecule has 134 valence electrons. The number of rotatable bonds is 5. The molecule has 2 aromatic rings. The van der Waals surface area contributed by atoms with E-state index in [1.807, 2.05) is 6.92 Å². The molecule has 0 saturated heterocycles. The van der Waals surface area contributed by atoms with Gasteiger partial charge in [-0.25, -0.2) is 8.42 Å². The summed E-state index contributed by atoms with van der Waals surface area (Å²) in [6.07, 6.45) is -4.22. The van der Waals surface area contributed by atoms with Gasteiger partial charge in [0.15, 0.2) is 0 Å². The number of carbonyl (C=O) groups excluding carboxylic acids is 1. The number of alkyl halides is 3. The van der Waals surface area contributed by atoms with Gasteiger partial charge >= 0.3 is 12.1 Å². The number of halogens is 3. The minimum absolute atomic E-state index is 0.0687. The van der Waals surface area contributed by atoms with E-state index in [0.717, 1.165) is 12.0 Å². The Morgan fingerprint density at radius 2 is 1.48 bits per heavy atom. The van der Waals surface area contributed by atoms with Crippen LogP contribution in [-0.2, 0) is 21.2 Å². The normalized spacial score (nSPS) is 11.8. The summed E-state index contributed by atoms with van der Waals surface area (Å²) in [4.78, 5) is 10.9. The van der Waals surface area contributed by atoms with Crippen LogP contribution in [0.2, 0.25) is 0 Å². The number of hydrogen-bond acceptors (Lipinski definition) is 3. The monoisotopic (exact) mass is 372 g/mol.